The Labute approximate surface area is 102 Å². The number of hydrogen-bond donors (Lipinski definition) is 1. The van der Waals surface area contributed by atoms with E-state index >= 15 is 0 Å². The fourth-order valence-corrected chi connectivity index (χ4v) is 3.31. The number of carbonyl (C=O) groups is 1. The third-order valence-electron chi connectivity index (χ3n) is 4.20. The largest absolute Gasteiger partial charge is 0.393 e. The van der Waals surface area contributed by atoms with Gasteiger partial charge in [0.25, 0.3) is 0 Å². The van der Waals surface area contributed by atoms with Gasteiger partial charge in [0.1, 0.15) is 0 Å². The first-order chi connectivity index (χ1) is 7.52. The van der Waals surface area contributed by atoms with E-state index < -0.39 is 0 Å². The monoisotopic (exact) mass is 240 g/mol. The molecule has 2 fully saturated rings. The highest BCUT2D eigenvalue weighted by Gasteiger charge is 2.57. The van der Waals surface area contributed by atoms with Gasteiger partial charge in [0.2, 0.25) is 5.91 Å². The Bertz CT molecular complexity index is 308. The molecule has 3 nitrogen and oxygen atoms in total. The second kappa shape index (κ2) is 4.32. The number of thiocarbonyl (C=S) groups is 1. The normalized spacial score (nSPS) is 33.0. The van der Waals surface area contributed by atoms with Crippen LogP contribution in [0.2, 0.25) is 0 Å². The summed E-state index contributed by atoms with van der Waals surface area (Å²) in [5.74, 6) is 1.99. The first kappa shape index (κ1) is 11.8. The Kier molecular flexibility index (Phi) is 3.19. The van der Waals surface area contributed by atoms with Gasteiger partial charge in [-0.3, -0.25) is 4.79 Å². The lowest BCUT2D eigenvalue weighted by Crippen LogP contribution is -2.39. The van der Waals surface area contributed by atoms with E-state index in [0.717, 1.165) is 0 Å². The number of nitrogens with two attached hydrogens (primary N) is 1. The number of amides is 1. The van der Waals surface area contributed by atoms with Crippen molar-refractivity contribution in [1.82, 2.24) is 4.90 Å². The van der Waals surface area contributed by atoms with E-state index in [1.54, 1.807) is 0 Å². The van der Waals surface area contributed by atoms with Crippen molar-refractivity contribution < 1.29 is 4.79 Å². The summed E-state index contributed by atoms with van der Waals surface area (Å²) in [7, 11) is 1.87. The van der Waals surface area contributed by atoms with Crippen molar-refractivity contribution in [3.8, 4) is 0 Å². The summed E-state index contributed by atoms with van der Waals surface area (Å²) in [6, 6.07) is 0.131. The maximum Gasteiger partial charge on any atom is 0.226 e. The SMILES string of the molecule is CC(CC(N)=S)N(C)C(=O)C1C2CCCC21. The molecule has 4 heteroatoms. The van der Waals surface area contributed by atoms with E-state index in [1.807, 2.05) is 18.9 Å². The van der Waals surface area contributed by atoms with Crippen LogP contribution in [0.1, 0.15) is 32.6 Å². The molecule has 3 unspecified atom stereocenters. The quantitative estimate of drug-likeness (QED) is 0.759. The van der Waals surface area contributed by atoms with Crippen molar-refractivity contribution in [2.24, 2.45) is 23.5 Å². The van der Waals surface area contributed by atoms with Crippen LogP contribution in [-0.2, 0) is 4.79 Å². The third-order valence-corrected chi connectivity index (χ3v) is 4.36. The molecule has 0 aliphatic heterocycles. The highest BCUT2D eigenvalue weighted by atomic mass is 32.1. The van der Waals surface area contributed by atoms with Gasteiger partial charge in [0.05, 0.1) is 4.99 Å². The van der Waals surface area contributed by atoms with E-state index in [-0.39, 0.29) is 6.04 Å². The van der Waals surface area contributed by atoms with Crippen molar-refractivity contribution in [1.29, 1.82) is 0 Å². The second-order valence-electron chi connectivity index (χ2n) is 5.25. The van der Waals surface area contributed by atoms with Crippen LogP contribution < -0.4 is 5.73 Å². The summed E-state index contributed by atoms with van der Waals surface area (Å²) in [5, 5.41) is 0. The molecule has 2 saturated carbocycles. The Morgan fingerprint density at radius 2 is 2.06 bits per heavy atom. The Morgan fingerprint density at radius 1 is 1.50 bits per heavy atom. The number of hydrogen-bond acceptors (Lipinski definition) is 2. The third kappa shape index (κ3) is 2.08. The molecule has 2 aliphatic carbocycles. The van der Waals surface area contributed by atoms with Crippen LogP contribution in [0.5, 0.6) is 0 Å². The van der Waals surface area contributed by atoms with Gasteiger partial charge in [-0.15, -0.1) is 0 Å². The van der Waals surface area contributed by atoms with Crippen LogP contribution in [0.3, 0.4) is 0 Å². The second-order valence-corrected chi connectivity index (χ2v) is 5.78. The fraction of sp³-hybridized carbons (Fsp3) is 0.833. The zero-order valence-corrected chi connectivity index (χ0v) is 10.8. The molecule has 2 rings (SSSR count). The molecule has 0 heterocycles. The summed E-state index contributed by atoms with van der Waals surface area (Å²) < 4.78 is 0. The minimum Gasteiger partial charge on any atom is -0.393 e. The molecule has 0 radical (unpaired) electrons. The fourth-order valence-electron chi connectivity index (χ4n) is 3.07. The minimum absolute atomic E-state index is 0.131. The molecule has 90 valence electrons. The average Bonchev–Trinajstić information content (AvgIpc) is 2.68. The Hall–Kier alpha value is -0.640. The zero-order chi connectivity index (χ0) is 11.9. The lowest BCUT2D eigenvalue weighted by atomic mass is 10.1. The van der Waals surface area contributed by atoms with E-state index in [2.05, 4.69) is 0 Å². The van der Waals surface area contributed by atoms with E-state index in [4.69, 9.17) is 18.0 Å². The summed E-state index contributed by atoms with van der Waals surface area (Å²) in [6.07, 6.45) is 4.43. The van der Waals surface area contributed by atoms with Gasteiger partial charge >= 0.3 is 0 Å². The summed E-state index contributed by atoms with van der Waals surface area (Å²) >= 11 is 4.88. The standard InChI is InChI=1S/C12H20N2OS/c1-7(6-10(13)16)14(2)12(15)11-8-4-3-5-9(8)11/h7-9,11H,3-6H2,1-2H3,(H2,13,16). The molecule has 16 heavy (non-hydrogen) atoms. The predicted octanol–water partition coefficient (Wildman–Crippen LogP) is 1.56. The highest BCUT2D eigenvalue weighted by molar-refractivity contribution is 7.80. The minimum atomic E-state index is 0.131. The van der Waals surface area contributed by atoms with Crippen molar-refractivity contribution in [3.63, 3.8) is 0 Å². The van der Waals surface area contributed by atoms with Crippen LogP contribution in [-0.4, -0.2) is 28.9 Å². The van der Waals surface area contributed by atoms with E-state index in [1.165, 1.54) is 19.3 Å². The van der Waals surface area contributed by atoms with Gasteiger partial charge < -0.3 is 10.6 Å². The van der Waals surface area contributed by atoms with Crippen molar-refractivity contribution in [2.45, 2.75) is 38.6 Å². The van der Waals surface area contributed by atoms with Gasteiger partial charge in [-0.05, 0) is 31.6 Å². The van der Waals surface area contributed by atoms with Crippen LogP contribution >= 0.6 is 12.2 Å². The molecule has 2 N–H and O–H groups in total. The van der Waals surface area contributed by atoms with Gasteiger partial charge in [-0.1, -0.05) is 18.6 Å². The molecule has 0 spiro atoms. The van der Waals surface area contributed by atoms with E-state index in [0.29, 0.717) is 35.1 Å². The smallest absolute Gasteiger partial charge is 0.226 e. The molecule has 1 amide bonds. The Morgan fingerprint density at radius 3 is 2.56 bits per heavy atom. The highest BCUT2D eigenvalue weighted by Crippen LogP contribution is 2.58. The maximum absolute atomic E-state index is 12.2. The average molecular weight is 240 g/mol. The number of carbonyl (C=O) groups excluding carboxylic acids is 1. The molecule has 0 saturated heterocycles. The van der Waals surface area contributed by atoms with Crippen LogP contribution in [0.4, 0.5) is 0 Å². The molecule has 0 aromatic heterocycles. The summed E-state index contributed by atoms with van der Waals surface area (Å²) in [4.78, 5) is 14.5. The summed E-state index contributed by atoms with van der Waals surface area (Å²) in [6.45, 7) is 2.01. The number of rotatable bonds is 4. The molecule has 0 bridgehead atoms. The lowest BCUT2D eigenvalue weighted by Gasteiger charge is -2.25. The Balaban J connectivity index is 1.87. The van der Waals surface area contributed by atoms with Crippen molar-refractivity contribution >= 4 is 23.1 Å². The zero-order valence-electron chi connectivity index (χ0n) is 9.98. The molecule has 3 atom stereocenters. The lowest BCUT2D eigenvalue weighted by molar-refractivity contribution is -0.133. The topological polar surface area (TPSA) is 46.3 Å². The van der Waals surface area contributed by atoms with Gasteiger partial charge in [0, 0.05) is 25.4 Å². The van der Waals surface area contributed by atoms with Gasteiger partial charge in [-0.25, -0.2) is 0 Å². The van der Waals surface area contributed by atoms with Crippen LogP contribution in [0.25, 0.3) is 0 Å². The van der Waals surface area contributed by atoms with Crippen LogP contribution in [0, 0.1) is 17.8 Å². The molecule has 0 aromatic carbocycles. The first-order valence-electron chi connectivity index (χ1n) is 6.07. The number of fused-ring (bicyclic) bond motifs is 1. The molecular formula is C12H20N2OS. The van der Waals surface area contributed by atoms with Crippen LogP contribution in [0.15, 0.2) is 0 Å². The molecule has 0 aromatic rings. The predicted molar refractivity (Wildman–Crippen MR) is 68.0 cm³/mol. The van der Waals surface area contributed by atoms with E-state index in [9.17, 15) is 4.79 Å². The van der Waals surface area contributed by atoms with Gasteiger partial charge in [-0.2, -0.15) is 0 Å². The molecular weight excluding hydrogens is 220 g/mol. The number of nitrogens with zero attached hydrogens (tertiary/aromatic N) is 1. The maximum atomic E-state index is 12.2. The summed E-state index contributed by atoms with van der Waals surface area (Å²) in [5.41, 5.74) is 5.51. The van der Waals surface area contributed by atoms with Gasteiger partial charge in [0.15, 0.2) is 0 Å². The van der Waals surface area contributed by atoms with Crippen molar-refractivity contribution in [3.05, 3.63) is 0 Å². The molecule has 2 aliphatic rings. The first-order valence-corrected chi connectivity index (χ1v) is 6.48. The van der Waals surface area contributed by atoms with Crippen molar-refractivity contribution in [2.75, 3.05) is 7.05 Å².